The van der Waals surface area contributed by atoms with Gasteiger partial charge in [0.1, 0.15) is 0 Å². The number of likely N-dealkylation sites (N-methyl/N-ethyl adjacent to an activating group) is 1. The molecular formula is C16H28N2O. The van der Waals surface area contributed by atoms with Crippen LogP contribution in [-0.2, 0) is 4.74 Å². The van der Waals surface area contributed by atoms with Crippen molar-refractivity contribution in [1.82, 2.24) is 5.32 Å². The summed E-state index contributed by atoms with van der Waals surface area (Å²) in [7, 11) is 3.88. The molecule has 0 heterocycles. The third-order valence-corrected chi connectivity index (χ3v) is 3.40. The second kappa shape index (κ2) is 8.94. The molecular weight excluding hydrogens is 236 g/mol. The van der Waals surface area contributed by atoms with Gasteiger partial charge in [-0.3, -0.25) is 0 Å². The molecule has 3 nitrogen and oxygen atoms in total. The fourth-order valence-electron chi connectivity index (χ4n) is 2.27. The molecule has 1 aromatic rings. The first kappa shape index (κ1) is 16.0. The van der Waals surface area contributed by atoms with Crippen molar-refractivity contribution in [1.29, 1.82) is 0 Å². The fourth-order valence-corrected chi connectivity index (χ4v) is 2.27. The van der Waals surface area contributed by atoms with Gasteiger partial charge < -0.3 is 15.0 Å². The van der Waals surface area contributed by atoms with Gasteiger partial charge in [-0.1, -0.05) is 32.0 Å². The number of ether oxygens (including phenoxy) is 1. The Labute approximate surface area is 118 Å². The van der Waals surface area contributed by atoms with Crippen molar-refractivity contribution in [2.75, 3.05) is 38.8 Å². The summed E-state index contributed by atoms with van der Waals surface area (Å²) in [5.74, 6) is 0. The van der Waals surface area contributed by atoms with Crippen LogP contribution in [0.5, 0.6) is 0 Å². The quantitative estimate of drug-likeness (QED) is 0.741. The lowest BCUT2D eigenvalue weighted by Gasteiger charge is -2.26. The number of hydrogen-bond donors (Lipinski definition) is 1. The van der Waals surface area contributed by atoms with E-state index in [2.05, 4.69) is 55.4 Å². The van der Waals surface area contributed by atoms with Crippen LogP contribution in [0.15, 0.2) is 24.3 Å². The first-order chi connectivity index (χ1) is 9.24. The van der Waals surface area contributed by atoms with Crippen molar-refractivity contribution in [2.45, 2.75) is 32.7 Å². The summed E-state index contributed by atoms with van der Waals surface area (Å²) in [5, 5.41) is 3.63. The van der Waals surface area contributed by atoms with E-state index >= 15 is 0 Å². The predicted molar refractivity (Wildman–Crippen MR) is 82.9 cm³/mol. The van der Waals surface area contributed by atoms with Crippen LogP contribution >= 0.6 is 0 Å². The van der Waals surface area contributed by atoms with Gasteiger partial charge in [0, 0.05) is 32.4 Å². The van der Waals surface area contributed by atoms with E-state index < -0.39 is 0 Å². The van der Waals surface area contributed by atoms with Crippen molar-refractivity contribution < 1.29 is 4.74 Å². The van der Waals surface area contributed by atoms with E-state index in [1.807, 2.05) is 0 Å². The van der Waals surface area contributed by atoms with Gasteiger partial charge >= 0.3 is 0 Å². The minimum absolute atomic E-state index is 0.432. The molecule has 1 unspecified atom stereocenters. The smallest absolute Gasteiger partial charge is 0.0637 e. The maximum atomic E-state index is 5.17. The number of nitrogens with one attached hydrogen (secondary N) is 1. The lowest BCUT2D eigenvalue weighted by atomic mass is 10.0. The van der Waals surface area contributed by atoms with Gasteiger partial charge in [0.2, 0.25) is 0 Å². The van der Waals surface area contributed by atoms with Crippen molar-refractivity contribution in [2.24, 2.45) is 0 Å². The van der Waals surface area contributed by atoms with Crippen molar-refractivity contribution in [3.8, 4) is 0 Å². The maximum Gasteiger partial charge on any atom is 0.0637 e. The van der Waals surface area contributed by atoms with Gasteiger partial charge in [0.15, 0.2) is 0 Å². The highest BCUT2D eigenvalue weighted by molar-refractivity contribution is 5.54. The van der Waals surface area contributed by atoms with E-state index in [1.54, 1.807) is 7.11 Å². The zero-order valence-electron chi connectivity index (χ0n) is 12.8. The van der Waals surface area contributed by atoms with E-state index in [0.717, 1.165) is 32.5 Å². The third kappa shape index (κ3) is 4.84. The summed E-state index contributed by atoms with van der Waals surface area (Å²) in [5.41, 5.74) is 2.69. The number of hydrogen-bond acceptors (Lipinski definition) is 3. The van der Waals surface area contributed by atoms with Crippen LogP contribution in [0, 0.1) is 0 Å². The molecule has 0 amide bonds. The van der Waals surface area contributed by atoms with Crippen LogP contribution in [-0.4, -0.2) is 33.9 Å². The first-order valence-electron chi connectivity index (χ1n) is 7.26. The zero-order valence-corrected chi connectivity index (χ0v) is 12.8. The molecule has 19 heavy (non-hydrogen) atoms. The minimum Gasteiger partial charge on any atom is -0.383 e. The summed E-state index contributed by atoms with van der Waals surface area (Å²) in [6.45, 7) is 7.17. The molecule has 1 N–H and O–H groups in total. The van der Waals surface area contributed by atoms with Crippen molar-refractivity contribution in [3.05, 3.63) is 29.8 Å². The molecule has 0 saturated heterocycles. The lowest BCUT2D eigenvalue weighted by molar-refractivity contribution is 0.206. The molecule has 0 radical (unpaired) electrons. The Morgan fingerprint density at radius 2 is 2.00 bits per heavy atom. The van der Waals surface area contributed by atoms with Crippen molar-refractivity contribution in [3.63, 3.8) is 0 Å². The van der Waals surface area contributed by atoms with Crippen LogP contribution < -0.4 is 10.2 Å². The third-order valence-electron chi connectivity index (χ3n) is 3.40. The molecule has 0 saturated carbocycles. The Hall–Kier alpha value is -1.06. The first-order valence-corrected chi connectivity index (χ1v) is 7.26. The lowest BCUT2D eigenvalue weighted by Crippen LogP contribution is -2.27. The van der Waals surface area contributed by atoms with Gasteiger partial charge in [-0.15, -0.1) is 0 Å². The van der Waals surface area contributed by atoms with Gasteiger partial charge in [0.05, 0.1) is 6.61 Å². The van der Waals surface area contributed by atoms with Crippen LogP contribution in [0.1, 0.15) is 38.3 Å². The molecule has 1 rings (SSSR count). The molecule has 1 atom stereocenters. The van der Waals surface area contributed by atoms with Crippen LogP contribution in [0.2, 0.25) is 0 Å². The molecule has 0 aromatic heterocycles. The molecule has 0 bridgehead atoms. The van der Waals surface area contributed by atoms with Gasteiger partial charge in [-0.05, 0) is 31.0 Å². The number of benzene rings is 1. The summed E-state index contributed by atoms with van der Waals surface area (Å²) < 4.78 is 5.17. The highest BCUT2D eigenvalue weighted by Crippen LogP contribution is 2.27. The Balaban J connectivity index is 2.86. The Bertz CT molecular complexity index is 354. The number of nitrogens with zero attached hydrogens (tertiary/aromatic N) is 1. The number of anilines is 1. The SMILES string of the molecule is CCCNC(CC)c1ccccc1N(C)CCOC. The molecule has 0 aliphatic carbocycles. The average Bonchev–Trinajstić information content (AvgIpc) is 2.46. The largest absolute Gasteiger partial charge is 0.383 e. The number of methoxy groups -OCH3 is 1. The normalized spacial score (nSPS) is 12.4. The highest BCUT2D eigenvalue weighted by atomic mass is 16.5. The summed E-state index contributed by atoms with van der Waals surface area (Å²) >= 11 is 0. The number of para-hydroxylation sites is 1. The van der Waals surface area contributed by atoms with Gasteiger partial charge in [-0.2, -0.15) is 0 Å². The zero-order chi connectivity index (χ0) is 14.1. The molecule has 0 fully saturated rings. The van der Waals surface area contributed by atoms with Crippen LogP contribution in [0.3, 0.4) is 0 Å². The van der Waals surface area contributed by atoms with E-state index in [-0.39, 0.29) is 0 Å². The molecule has 0 spiro atoms. The van der Waals surface area contributed by atoms with E-state index in [0.29, 0.717) is 6.04 Å². The predicted octanol–water partition coefficient (Wildman–Crippen LogP) is 3.22. The molecule has 3 heteroatoms. The van der Waals surface area contributed by atoms with Gasteiger partial charge in [0.25, 0.3) is 0 Å². The Morgan fingerprint density at radius 1 is 1.26 bits per heavy atom. The second-order valence-corrected chi connectivity index (χ2v) is 4.89. The summed E-state index contributed by atoms with van der Waals surface area (Å²) in [4.78, 5) is 2.27. The van der Waals surface area contributed by atoms with E-state index in [9.17, 15) is 0 Å². The molecule has 108 valence electrons. The fraction of sp³-hybridized carbons (Fsp3) is 0.625. The van der Waals surface area contributed by atoms with E-state index in [4.69, 9.17) is 4.74 Å². The Kier molecular flexibility index (Phi) is 7.53. The summed E-state index contributed by atoms with van der Waals surface area (Å²) in [6, 6.07) is 9.09. The van der Waals surface area contributed by atoms with Crippen LogP contribution in [0.4, 0.5) is 5.69 Å². The van der Waals surface area contributed by atoms with E-state index in [1.165, 1.54) is 11.3 Å². The second-order valence-electron chi connectivity index (χ2n) is 4.89. The number of rotatable bonds is 9. The van der Waals surface area contributed by atoms with Crippen LogP contribution in [0.25, 0.3) is 0 Å². The molecule has 1 aromatic carbocycles. The minimum atomic E-state index is 0.432. The monoisotopic (exact) mass is 264 g/mol. The maximum absolute atomic E-state index is 5.17. The Morgan fingerprint density at radius 3 is 2.63 bits per heavy atom. The average molecular weight is 264 g/mol. The summed E-state index contributed by atoms with van der Waals surface area (Å²) in [6.07, 6.45) is 2.27. The topological polar surface area (TPSA) is 24.5 Å². The molecule has 0 aliphatic heterocycles. The van der Waals surface area contributed by atoms with Gasteiger partial charge in [-0.25, -0.2) is 0 Å². The van der Waals surface area contributed by atoms with Crippen molar-refractivity contribution >= 4 is 5.69 Å². The highest BCUT2D eigenvalue weighted by Gasteiger charge is 2.14. The standard InChI is InChI=1S/C16H28N2O/c1-5-11-17-15(6-2)14-9-7-8-10-16(14)18(3)12-13-19-4/h7-10,15,17H,5-6,11-13H2,1-4H3. The molecule has 0 aliphatic rings.